The van der Waals surface area contributed by atoms with Gasteiger partial charge in [0.25, 0.3) is 0 Å². The molecule has 0 aliphatic heterocycles. The second-order valence-electron chi connectivity index (χ2n) is 1.33. The molecule has 1 rings (SSSR count). The normalized spacial score (nSPS) is 7.62. The minimum atomic E-state index is 0. The van der Waals surface area contributed by atoms with Gasteiger partial charge in [0.2, 0.25) is 0 Å². The maximum Gasteiger partial charge on any atom is 2.00 e. The third-order valence-corrected chi connectivity index (χ3v) is 0.675. The van der Waals surface area contributed by atoms with E-state index in [2.05, 4.69) is 16.4 Å². The van der Waals surface area contributed by atoms with Crippen molar-refractivity contribution in [1.82, 2.24) is 10.2 Å². The summed E-state index contributed by atoms with van der Waals surface area (Å²) in [5.41, 5.74) is 1.02. The van der Waals surface area contributed by atoms with Crippen LogP contribution in [0.15, 0.2) is 12.3 Å². The third-order valence-electron chi connectivity index (χ3n) is 0.675. The molecule has 0 spiro atoms. The first-order valence-electron chi connectivity index (χ1n) is 2.05. The zero-order valence-corrected chi connectivity index (χ0v) is 5.89. The van der Waals surface area contributed by atoms with Gasteiger partial charge in [-0.3, -0.25) is 5.10 Å². The Kier molecular flexibility index (Phi) is 3.49. The fraction of sp³-hybridized carbons (Fsp3) is 0.200. The van der Waals surface area contributed by atoms with Crippen molar-refractivity contribution in [3.8, 4) is 0 Å². The molecule has 2 nitrogen and oxygen atoms in total. The molecule has 0 saturated heterocycles. The Morgan fingerprint density at radius 2 is 2.38 bits per heavy atom. The molecule has 1 heterocycles. The van der Waals surface area contributed by atoms with Gasteiger partial charge in [-0.2, -0.15) is 11.2 Å². The molecule has 0 aliphatic rings. The second-order valence-corrected chi connectivity index (χ2v) is 1.33. The van der Waals surface area contributed by atoms with Crippen molar-refractivity contribution in [3.05, 3.63) is 24.0 Å². The molecule has 3 heteroatoms. The van der Waals surface area contributed by atoms with Crippen molar-refractivity contribution in [2.24, 2.45) is 0 Å². The van der Waals surface area contributed by atoms with Gasteiger partial charge < -0.3 is 0 Å². The summed E-state index contributed by atoms with van der Waals surface area (Å²) in [5.74, 6) is 0. The van der Waals surface area contributed by atoms with E-state index < -0.39 is 0 Å². The van der Waals surface area contributed by atoms with E-state index in [-0.39, 0.29) is 18.6 Å². The van der Waals surface area contributed by atoms with Gasteiger partial charge in [-0.15, -0.1) is 6.20 Å². The number of aryl methyl sites for hydroxylation is 1. The van der Waals surface area contributed by atoms with Crippen LogP contribution in [0, 0.1) is 13.1 Å². The van der Waals surface area contributed by atoms with Crippen LogP contribution in [-0.2, 0) is 18.6 Å². The van der Waals surface area contributed by atoms with Crippen molar-refractivity contribution >= 4 is 0 Å². The quantitative estimate of drug-likeness (QED) is 0.498. The maximum absolute atomic E-state index is 3.54. The van der Waals surface area contributed by atoms with Crippen molar-refractivity contribution in [2.45, 2.75) is 6.92 Å². The SMILES string of the molecule is Cc1[c-]nncc1.[V+2]. The fourth-order valence-corrected chi connectivity index (χ4v) is 0.323. The Morgan fingerprint density at radius 1 is 1.62 bits per heavy atom. The molecule has 0 fully saturated rings. The van der Waals surface area contributed by atoms with Crippen LogP contribution in [0.25, 0.3) is 0 Å². The minimum absolute atomic E-state index is 0. The van der Waals surface area contributed by atoms with E-state index in [0.29, 0.717) is 0 Å². The Morgan fingerprint density at radius 3 is 2.62 bits per heavy atom. The largest absolute Gasteiger partial charge is 2.00 e. The van der Waals surface area contributed by atoms with E-state index in [1.165, 1.54) is 0 Å². The summed E-state index contributed by atoms with van der Waals surface area (Å²) in [6.07, 6.45) is 4.31. The Bertz CT molecular complexity index is 140. The zero-order chi connectivity index (χ0) is 5.11. The van der Waals surface area contributed by atoms with E-state index in [1.54, 1.807) is 6.20 Å². The Labute approximate surface area is 60.2 Å². The van der Waals surface area contributed by atoms with Crippen molar-refractivity contribution < 1.29 is 18.6 Å². The van der Waals surface area contributed by atoms with Crippen LogP contribution in [0.4, 0.5) is 0 Å². The van der Waals surface area contributed by atoms with E-state index >= 15 is 0 Å². The van der Waals surface area contributed by atoms with Crippen LogP contribution in [-0.4, -0.2) is 10.2 Å². The van der Waals surface area contributed by atoms with E-state index in [0.717, 1.165) is 5.56 Å². The first-order chi connectivity index (χ1) is 3.39. The van der Waals surface area contributed by atoms with Gasteiger partial charge in [0, 0.05) is 0 Å². The number of hydrogen-bond donors (Lipinski definition) is 0. The molecule has 0 aliphatic carbocycles. The van der Waals surface area contributed by atoms with Gasteiger partial charge in [-0.05, 0) is 6.20 Å². The molecule has 0 amide bonds. The number of aromatic nitrogens is 2. The molecule has 0 saturated carbocycles. The van der Waals surface area contributed by atoms with Crippen LogP contribution in [0.2, 0.25) is 0 Å². The number of nitrogens with zero attached hydrogens (tertiary/aromatic N) is 2. The predicted octanol–water partition coefficient (Wildman–Crippen LogP) is 0.583. The Hall–Kier alpha value is -0.336. The molecular weight excluding hydrogens is 139 g/mol. The number of rotatable bonds is 0. The summed E-state index contributed by atoms with van der Waals surface area (Å²) in [6.45, 7) is 1.93. The molecule has 39 valence electrons. The average Bonchev–Trinajstić information content (AvgIpc) is 1.69. The van der Waals surface area contributed by atoms with Crippen LogP contribution in [0.5, 0.6) is 0 Å². The molecule has 0 aromatic carbocycles. The first kappa shape index (κ1) is 7.66. The minimum Gasteiger partial charge on any atom is -0.268 e. The standard InChI is InChI=1S/C5H5N2.V/c1-5-2-3-6-7-4-5;/h2-3H,1H3;/q-1;+2. The topological polar surface area (TPSA) is 25.8 Å². The smallest absolute Gasteiger partial charge is 0.268 e. The van der Waals surface area contributed by atoms with Crippen molar-refractivity contribution in [1.29, 1.82) is 0 Å². The van der Waals surface area contributed by atoms with Crippen LogP contribution >= 0.6 is 0 Å². The summed E-state index contributed by atoms with van der Waals surface area (Å²) in [4.78, 5) is 0. The molecule has 1 aromatic heterocycles. The second kappa shape index (κ2) is 3.64. The summed E-state index contributed by atoms with van der Waals surface area (Å²) in [7, 11) is 0. The predicted molar refractivity (Wildman–Crippen MR) is 25.6 cm³/mol. The van der Waals surface area contributed by atoms with Gasteiger partial charge in [-0.25, -0.2) is 5.56 Å². The molecule has 1 radical (unpaired) electrons. The van der Waals surface area contributed by atoms with Gasteiger partial charge in [0.15, 0.2) is 0 Å². The molecule has 0 bridgehead atoms. The molecule has 0 atom stereocenters. The molecule has 1 aromatic rings. The molecule has 0 unspecified atom stereocenters. The van der Waals surface area contributed by atoms with Crippen molar-refractivity contribution in [2.75, 3.05) is 0 Å². The Balaban J connectivity index is 0.000000490. The summed E-state index contributed by atoms with van der Waals surface area (Å²) in [6, 6.07) is 1.85. The third kappa shape index (κ3) is 2.10. The first-order valence-corrected chi connectivity index (χ1v) is 2.05. The van der Waals surface area contributed by atoms with Gasteiger partial charge in [-0.1, -0.05) is 6.92 Å². The molecule has 0 N–H and O–H groups in total. The van der Waals surface area contributed by atoms with E-state index in [1.807, 2.05) is 13.0 Å². The molecule has 8 heavy (non-hydrogen) atoms. The fourth-order valence-electron chi connectivity index (χ4n) is 0.323. The van der Waals surface area contributed by atoms with E-state index in [4.69, 9.17) is 0 Å². The zero-order valence-electron chi connectivity index (χ0n) is 4.50. The molecular formula is C5H5N2V+. The van der Waals surface area contributed by atoms with Gasteiger partial charge in [0.05, 0.1) is 0 Å². The summed E-state index contributed by atoms with van der Waals surface area (Å²) in [5, 5.41) is 7.05. The van der Waals surface area contributed by atoms with Crippen LogP contribution in [0.1, 0.15) is 5.56 Å². The van der Waals surface area contributed by atoms with E-state index in [9.17, 15) is 0 Å². The number of hydrogen-bond acceptors (Lipinski definition) is 2. The van der Waals surface area contributed by atoms with Crippen LogP contribution in [0.3, 0.4) is 0 Å². The summed E-state index contributed by atoms with van der Waals surface area (Å²) < 4.78 is 0. The van der Waals surface area contributed by atoms with Gasteiger partial charge in [0.1, 0.15) is 0 Å². The monoisotopic (exact) mass is 144 g/mol. The van der Waals surface area contributed by atoms with Crippen LogP contribution < -0.4 is 0 Å². The van der Waals surface area contributed by atoms with Crippen molar-refractivity contribution in [3.63, 3.8) is 0 Å². The average molecular weight is 144 g/mol. The maximum atomic E-state index is 3.54. The van der Waals surface area contributed by atoms with Gasteiger partial charge >= 0.3 is 18.6 Å². The summed E-state index contributed by atoms with van der Waals surface area (Å²) >= 11 is 0.